The summed E-state index contributed by atoms with van der Waals surface area (Å²) >= 11 is 0. The Bertz CT molecular complexity index is 261. The van der Waals surface area contributed by atoms with Gasteiger partial charge in [0.15, 0.2) is 0 Å². The first-order valence-electron chi connectivity index (χ1n) is 5.58. The van der Waals surface area contributed by atoms with Crippen molar-refractivity contribution in [2.24, 2.45) is 0 Å². The summed E-state index contributed by atoms with van der Waals surface area (Å²) in [6, 6.07) is 0. The molecule has 16 heavy (non-hydrogen) atoms. The number of halogens is 1. The van der Waals surface area contributed by atoms with Gasteiger partial charge in [0.25, 0.3) is 0 Å². The van der Waals surface area contributed by atoms with E-state index in [1.54, 1.807) is 9.80 Å². The van der Waals surface area contributed by atoms with Crippen LogP contribution in [0.15, 0.2) is 0 Å². The van der Waals surface area contributed by atoms with Gasteiger partial charge in [-0.05, 0) is 12.8 Å². The summed E-state index contributed by atoms with van der Waals surface area (Å²) in [5.41, 5.74) is 0. The number of hydrogen-bond acceptors (Lipinski definition) is 3. The number of hydrogen-bond donors (Lipinski definition) is 1. The lowest BCUT2D eigenvalue weighted by molar-refractivity contribution is -0.151. The van der Waals surface area contributed by atoms with Crippen LogP contribution >= 0.6 is 12.4 Å². The van der Waals surface area contributed by atoms with Crippen LogP contribution in [0.1, 0.15) is 12.8 Å². The summed E-state index contributed by atoms with van der Waals surface area (Å²) in [5, 5.41) is 3.16. The summed E-state index contributed by atoms with van der Waals surface area (Å²) < 4.78 is 0. The third-order valence-electron chi connectivity index (χ3n) is 2.98. The molecule has 5 nitrogen and oxygen atoms in total. The topological polar surface area (TPSA) is 52.7 Å². The van der Waals surface area contributed by atoms with E-state index in [1.165, 1.54) is 0 Å². The molecule has 92 valence electrons. The molecule has 0 aliphatic carbocycles. The van der Waals surface area contributed by atoms with Gasteiger partial charge in [-0.3, -0.25) is 9.59 Å². The Morgan fingerprint density at radius 2 is 1.25 bits per heavy atom. The van der Waals surface area contributed by atoms with E-state index >= 15 is 0 Å². The van der Waals surface area contributed by atoms with Crippen LogP contribution in [0.4, 0.5) is 0 Å². The van der Waals surface area contributed by atoms with Crippen molar-refractivity contribution in [3.8, 4) is 0 Å². The molecule has 0 aromatic rings. The third-order valence-corrected chi connectivity index (χ3v) is 2.98. The fourth-order valence-corrected chi connectivity index (χ4v) is 2.06. The number of likely N-dealkylation sites (tertiary alicyclic amines) is 1. The first-order chi connectivity index (χ1) is 7.29. The second-order valence-electron chi connectivity index (χ2n) is 4.04. The van der Waals surface area contributed by atoms with Crippen molar-refractivity contribution in [3.05, 3.63) is 0 Å². The van der Waals surface area contributed by atoms with Gasteiger partial charge in [-0.25, -0.2) is 0 Å². The van der Waals surface area contributed by atoms with Gasteiger partial charge >= 0.3 is 11.8 Å². The second kappa shape index (κ2) is 6.06. The molecule has 0 aromatic heterocycles. The highest BCUT2D eigenvalue weighted by Crippen LogP contribution is 2.08. The van der Waals surface area contributed by atoms with E-state index < -0.39 is 0 Å². The van der Waals surface area contributed by atoms with E-state index in [9.17, 15) is 9.59 Å². The molecule has 1 N–H and O–H groups in total. The Morgan fingerprint density at radius 3 is 1.75 bits per heavy atom. The summed E-state index contributed by atoms with van der Waals surface area (Å²) in [6.45, 7) is 4.38. The molecule has 0 atom stereocenters. The maximum Gasteiger partial charge on any atom is 0.312 e. The minimum Gasteiger partial charge on any atom is -0.334 e. The first kappa shape index (κ1) is 13.3. The normalized spacial score (nSPS) is 20.5. The third kappa shape index (κ3) is 2.86. The molecule has 0 spiro atoms. The van der Waals surface area contributed by atoms with Gasteiger partial charge < -0.3 is 15.1 Å². The number of nitrogens with one attached hydrogen (secondary N) is 1. The van der Waals surface area contributed by atoms with E-state index in [1.807, 2.05) is 0 Å². The fraction of sp³-hybridized carbons (Fsp3) is 0.800. The van der Waals surface area contributed by atoms with Crippen LogP contribution in [0.3, 0.4) is 0 Å². The average Bonchev–Trinajstić information content (AvgIpc) is 2.82. The van der Waals surface area contributed by atoms with Gasteiger partial charge in [0, 0.05) is 39.3 Å². The van der Waals surface area contributed by atoms with Gasteiger partial charge in [0.2, 0.25) is 0 Å². The molecule has 2 rings (SSSR count). The maximum absolute atomic E-state index is 11.8. The Morgan fingerprint density at radius 1 is 0.812 bits per heavy atom. The lowest BCUT2D eigenvalue weighted by Gasteiger charge is -2.28. The van der Waals surface area contributed by atoms with Crippen LogP contribution < -0.4 is 5.32 Å². The summed E-state index contributed by atoms with van der Waals surface area (Å²) in [5.74, 6) is -0.632. The molecular formula is C10H18ClN3O2. The number of piperazine rings is 1. The number of amides is 2. The van der Waals surface area contributed by atoms with Crippen LogP contribution in [0.25, 0.3) is 0 Å². The molecule has 2 fully saturated rings. The van der Waals surface area contributed by atoms with Gasteiger partial charge in [-0.1, -0.05) is 0 Å². The minimum absolute atomic E-state index is 0. The van der Waals surface area contributed by atoms with Crippen LogP contribution in [-0.2, 0) is 9.59 Å². The highest BCUT2D eigenvalue weighted by Gasteiger charge is 2.29. The quantitative estimate of drug-likeness (QED) is 0.585. The highest BCUT2D eigenvalue weighted by molar-refractivity contribution is 6.34. The van der Waals surface area contributed by atoms with E-state index in [0.29, 0.717) is 13.1 Å². The Labute approximate surface area is 102 Å². The average molecular weight is 248 g/mol. The first-order valence-corrected chi connectivity index (χ1v) is 5.58. The number of carbonyl (C=O) groups is 2. The second-order valence-corrected chi connectivity index (χ2v) is 4.04. The maximum atomic E-state index is 11.8. The van der Waals surface area contributed by atoms with Crippen LogP contribution in [0.2, 0.25) is 0 Å². The molecule has 0 bridgehead atoms. The van der Waals surface area contributed by atoms with Crippen molar-refractivity contribution in [1.29, 1.82) is 0 Å². The summed E-state index contributed by atoms with van der Waals surface area (Å²) in [6.07, 6.45) is 2.06. The molecule has 2 amide bonds. The zero-order valence-electron chi connectivity index (χ0n) is 9.28. The predicted octanol–water partition coefficient (Wildman–Crippen LogP) is -0.538. The van der Waals surface area contributed by atoms with E-state index in [4.69, 9.17) is 0 Å². The smallest absolute Gasteiger partial charge is 0.312 e. The van der Waals surface area contributed by atoms with Crippen molar-refractivity contribution in [2.45, 2.75) is 12.8 Å². The molecule has 0 saturated carbocycles. The molecule has 0 aromatic carbocycles. The van der Waals surface area contributed by atoms with Crippen molar-refractivity contribution in [2.75, 3.05) is 39.3 Å². The molecule has 2 saturated heterocycles. The van der Waals surface area contributed by atoms with Crippen LogP contribution in [0.5, 0.6) is 0 Å². The van der Waals surface area contributed by atoms with E-state index in [0.717, 1.165) is 39.0 Å². The lowest BCUT2D eigenvalue weighted by atomic mass is 10.3. The molecular weight excluding hydrogens is 230 g/mol. The summed E-state index contributed by atoms with van der Waals surface area (Å²) in [7, 11) is 0. The van der Waals surface area contributed by atoms with Crippen molar-refractivity contribution < 1.29 is 9.59 Å². The van der Waals surface area contributed by atoms with Crippen LogP contribution in [0, 0.1) is 0 Å². The highest BCUT2D eigenvalue weighted by atomic mass is 35.5. The molecule has 2 aliphatic rings. The molecule has 2 heterocycles. The molecule has 6 heteroatoms. The van der Waals surface area contributed by atoms with Gasteiger partial charge in [0.05, 0.1) is 0 Å². The standard InChI is InChI=1S/C10H17N3O2.ClH/c14-9(12-5-1-2-6-12)10(15)13-7-3-11-4-8-13;/h11H,1-8H2;1H. The van der Waals surface area contributed by atoms with Crippen molar-refractivity contribution >= 4 is 24.2 Å². The lowest BCUT2D eigenvalue weighted by Crippen LogP contribution is -2.51. The molecule has 0 radical (unpaired) electrons. The Balaban J connectivity index is 0.00000128. The summed E-state index contributed by atoms with van der Waals surface area (Å²) in [4.78, 5) is 26.9. The van der Waals surface area contributed by atoms with Crippen molar-refractivity contribution in [3.63, 3.8) is 0 Å². The van der Waals surface area contributed by atoms with Gasteiger partial charge in [-0.15, -0.1) is 12.4 Å². The minimum atomic E-state index is -0.321. The number of rotatable bonds is 0. The number of nitrogens with zero attached hydrogens (tertiary/aromatic N) is 2. The fourth-order valence-electron chi connectivity index (χ4n) is 2.06. The van der Waals surface area contributed by atoms with E-state index in [-0.39, 0.29) is 24.2 Å². The van der Waals surface area contributed by atoms with Crippen LogP contribution in [-0.4, -0.2) is 60.9 Å². The monoisotopic (exact) mass is 247 g/mol. The Hall–Kier alpha value is -0.810. The van der Waals surface area contributed by atoms with E-state index in [2.05, 4.69) is 5.32 Å². The molecule has 2 aliphatic heterocycles. The predicted molar refractivity (Wildman–Crippen MR) is 62.5 cm³/mol. The zero-order valence-corrected chi connectivity index (χ0v) is 10.1. The SMILES string of the molecule is Cl.O=C(C(=O)N1CCNCC1)N1CCCC1. The van der Waals surface area contributed by atoms with Gasteiger partial charge in [-0.2, -0.15) is 0 Å². The van der Waals surface area contributed by atoms with Crippen molar-refractivity contribution in [1.82, 2.24) is 15.1 Å². The van der Waals surface area contributed by atoms with Gasteiger partial charge in [0.1, 0.15) is 0 Å². The molecule has 0 unspecified atom stereocenters. The zero-order chi connectivity index (χ0) is 10.7. The number of carbonyl (C=O) groups excluding carboxylic acids is 2. The largest absolute Gasteiger partial charge is 0.334 e. The Kier molecular flexibility index (Phi) is 5.02.